The van der Waals surface area contributed by atoms with Crippen LogP contribution in [0.1, 0.15) is 113 Å². The summed E-state index contributed by atoms with van der Waals surface area (Å²) >= 11 is 1.56. The monoisotopic (exact) mass is 1210 g/mol. The molecule has 0 radical (unpaired) electrons. The van der Waals surface area contributed by atoms with Crippen LogP contribution in [0, 0.1) is 0 Å². The molecular formula is C67H86N6O13S. The lowest BCUT2D eigenvalue weighted by Gasteiger charge is -2.29. The van der Waals surface area contributed by atoms with Crippen molar-refractivity contribution in [3.8, 4) is 17.2 Å². The number of thiophene rings is 1. The van der Waals surface area contributed by atoms with Gasteiger partial charge in [0.25, 0.3) is 0 Å². The summed E-state index contributed by atoms with van der Waals surface area (Å²) in [5.41, 5.74) is 2.99. The number of methoxy groups -OCH3 is 3. The fourth-order valence-corrected chi connectivity index (χ4v) is 9.70. The molecule has 0 fully saturated rings. The van der Waals surface area contributed by atoms with Crippen molar-refractivity contribution >= 4 is 47.5 Å². The van der Waals surface area contributed by atoms with Crippen molar-refractivity contribution in [3.05, 3.63) is 184 Å². The molecule has 6 rings (SSSR count). The molecule has 0 saturated carbocycles. The van der Waals surface area contributed by atoms with Gasteiger partial charge in [0.15, 0.2) is 0 Å². The van der Waals surface area contributed by atoms with E-state index in [1.54, 1.807) is 84.0 Å². The predicted octanol–water partition coefficient (Wildman–Crippen LogP) is 12.8. The number of benzene rings is 5. The Morgan fingerprint density at radius 1 is 0.483 bits per heavy atom. The highest BCUT2D eigenvalue weighted by Crippen LogP contribution is 2.23. The number of carboxylic acid groups (broad SMARTS) is 1. The zero-order valence-corrected chi connectivity index (χ0v) is 52.4. The first-order valence-corrected chi connectivity index (χ1v) is 29.9. The van der Waals surface area contributed by atoms with Gasteiger partial charge in [0.05, 0.1) is 27.9 Å². The molecule has 19 nitrogen and oxygen atoms in total. The number of rotatable bonds is 29. The number of ether oxygens (including phenoxy) is 6. The number of nitrogens with zero attached hydrogens (tertiary/aromatic N) is 3. The Morgan fingerprint density at radius 2 is 0.908 bits per heavy atom. The molecule has 0 aliphatic rings. The number of nitrogens with one attached hydrogen (secondary N) is 3. The molecular weight excluding hydrogens is 1130 g/mol. The van der Waals surface area contributed by atoms with Crippen LogP contribution in [0.3, 0.4) is 0 Å². The highest BCUT2D eigenvalue weighted by molar-refractivity contribution is 7.09. The van der Waals surface area contributed by atoms with Crippen molar-refractivity contribution in [2.45, 2.75) is 143 Å². The van der Waals surface area contributed by atoms with Crippen molar-refractivity contribution in [3.63, 3.8) is 0 Å². The quantitative estimate of drug-likeness (QED) is 0.0254. The van der Waals surface area contributed by atoms with E-state index >= 15 is 0 Å². The summed E-state index contributed by atoms with van der Waals surface area (Å²) in [5.74, 6) is 1.55. The van der Waals surface area contributed by atoms with Gasteiger partial charge >= 0.3 is 24.4 Å². The minimum atomic E-state index is -1.00. The maximum atomic E-state index is 14.2. The van der Waals surface area contributed by atoms with Gasteiger partial charge in [-0.1, -0.05) is 103 Å². The third-order valence-electron chi connectivity index (χ3n) is 13.1. The topological polar surface area (TPSA) is 224 Å². The van der Waals surface area contributed by atoms with Gasteiger partial charge in [0.1, 0.15) is 47.1 Å². The first-order valence-electron chi connectivity index (χ1n) is 29.0. The average Bonchev–Trinajstić information content (AvgIpc) is 3.01. The standard InChI is InChI=1S/C35H45N3O7.C32H41N3O6S/c1-35(2,3)45-34(41)37-31(19-9-10-20-36-33(40)44-25-26-13-7-6-8-14-26)32(39)38(23-27-15-11-17-29(21-27)42-4)24-28-16-12-18-30(22-28)43-5;1-32(2,3)41-30(37)33-28(17-8-9-18-34(31(38)39)21-24-12-6-5-7-13-24)29(36)35(23-27-16-11-19-42-27)22-25-14-10-15-26(20-25)40-4/h6-8,11-18,21-22,31H,9-10,19-20,23-25H2,1-5H3,(H,36,40)(H,37,41);5-7,10-16,19-20,28H,8-9,17-18,21-23H2,1-4H3,(H,33,37)(H,38,39)/t31-;28-/m11/s1. The van der Waals surface area contributed by atoms with Gasteiger partial charge in [0.2, 0.25) is 11.8 Å². The summed E-state index contributed by atoms with van der Waals surface area (Å²) in [7, 11) is 4.79. The second-order valence-electron chi connectivity index (χ2n) is 22.6. The van der Waals surface area contributed by atoms with E-state index in [-0.39, 0.29) is 38.1 Å². The Balaban J connectivity index is 0.000000318. The van der Waals surface area contributed by atoms with Crippen molar-refractivity contribution in [2.24, 2.45) is 0 Å². The summed E-state index contributed by atoms with van der Waals surface area (Å²) < 4.78 is 32.4. The Kier molecular flexibility index (Phi) is 28.3. The lowest BCUT2D eigenvalue weighted by atomic mass is 10.1. The molecule has 0 spiro atoms. The van der Waals surface area contributed by atoms with E-state index in [1.165, 1.54) is 4.90 Å². The van der Waals surface area contributed by atoms with Crippen molar-refractivity contribution < 1.29 is 62.3 Å². The van der Waals surface area contributed by atoms with Crippen LogP contribution in [-0.4, -0.2) is 114 Å². The average molecular weight is 1220 g/mol. The van der Waals surface area contributed by atoms with Gasteiger partial charge in [-0.2, -0.15) is 0 Å². The maximum absolute atomic E-state index is 14.2. The largest absolute Gasteiger partial charge is 0.497 e. The molecule has 0 aliphatic heterocycles. The second-order valence-corrected chi connectivity index (χ2v) is 23.6. The molecule has 0 unspecified atom stereocenters. The first-order chi connectivity index (χ1) is 41.6. The van der Waals surface area contributed by atoms with Gasteiger partial charge in [-0.3, -0.25) is 9.59 Å². The van der Waals surface area contributed by atoms with E-state index in [1.807, 2.05) is 151 Å². The van der Waals surface area contributed by atoms with Crippen LogP contribution < -0.4 is 30.2 Å². The van der Waals surface area contributed by atoms with Gasteiger partial charge in [-0.05, 0) is 156 Å². The number of hydrogen-bond donors (Lipinski definition) is 4. The number of carbonyl (C=O) groups is 6. The molecule has 20 heteroatoms. The van der Waals surface area contributed by atoms with Crippen LogP contribution in [0.4, 0.5) is 19.2 Å². The van der Waals surface area contributed by atoms with E-state index in [0.717, 1.165) is 32.7 Å². The van der Waals surface area contributed by atoms with E-state index < -0.39 is 47.7 Å². The first kappa shape index (κ1) is 69.0. The summed E-state index contributed by atoms with van der Waals surface area (Å²) in [4.78, 5) is 83.6. The number of carbonyl (C=O) groups excluding carboxylic acids is 5. The zero-order chi connectivity index (χ0) is 63.2. The molecule has 87 heavy (non-hydrogen) atoms. The molecule has 0 aliphatic carbocycles. The highest BCUT2D eigenvalue weighted by Gasteiger charge is 2.31. The molecule has 4 N–H and O–H groups in total. The summed E-state index contributed by atoms with van der Waals surface area (Å²) in [6.07, 6.45) is -0.0121. The fourth-order valence-electron chi connectivity index (χ4n) is 8.98. The summed E-state index contributed by atoms with van der Waals surface area (Å²) in [6.45, 7) is 13.0. The number of amides is 6. The van der Waals surface area contributed by atoms with Crippen LogP contribution in [0.15, 0.2) is 151 Å². The number of alkyl carbamates (subject to hydrolysis) is 3. The number of hydrogen-bond acceptors (Lipinski definition) is 13. The molecule has 468 valence electrons. The maximum Gasteiger partial charge on any atom is 0.408 e. The summed E-state index contributed by atoms with van der Waals surface area (Å²) in [6, 6.07) is 43.6. The molecule has 1 aromatic heterocycles. The number of unbranched alkanes of at least 4 members (excludes halogenated alkanes) is 2. The minimum absolute atomic E-state index is 0.180. The SMILES string of the molecule is COc1cccc(CN(Cc2cccc(OC)c2)C(=O)[C@@H](CCCCNC(=O)OCc2ccccc2)NC(=O)OC(C)(C)C)c1.COc1cccc(CN(Cc2cccs2)C(=O)[C@@H](CCCCN(Cc2ccccc2)C(=O)O)NC(=O)OC(C)(C)C)c1. The third kappa shape index (κ3) is 26.6. The lowest BCUT2D eigenvalue weighted by molar-refractivity contribution is -0.135. The fraction of sp³-hybridized carbons (Fsp3) is 0.403. The van der Waals surface area contributed by atoms with Crippen LogP contribution in [-0.2, 0) is 63.1 Å². The van der Waals surface area contributed by atoms with Gasteiger partial charge in [-0.15, -0.1) is 11.3 Å². The van der Waals surface area contributed by atoms with Crippen molar-refractivity contribution in [2.75, 3.05) is 34.4 Å². The van der Waals surface area contributed by atoms with Crippen LogP contribution in [0.5, 0.6) is 17.2 Å². The minimum Gasteiger partial charge on any atom is -0.497 e. The zero-order valence-electron chi connectivity index (χ0n) is 51.6. The lowest BCUT2D eigenvalue weighted by Crippen LogP contribution is -2.49. The third-order valence-corrected chi connectivity index (χ3v) is 14.0. The second kappa shape index (κ2) is 35.6. The Morgan fingerprint density at radius 3 is 1.33 bits per heavy atom. The molecule has 1 heterocycles. The molecule has 6 amide bonds. The van der Waals surface area contributed by atoms with Gasteiger partial charge in [-0.25, -0.2) is 19.2 Å². The molecule has 0 bridgehead atoms. The van der Waals surface area contributed by atoms with Gasteiger partial charge < -0.3 is 64.2 Å². The molecule has 6 aromatic rings. The van der Waals surface area contributed by atoms with Crippen molar-refractivity contribution in [1.29, 1.82) is 0 Å². The predicted molar refractivity (Wildman–Crippen MR) is 335 cm³/mol. The smallest absolute Gasteiger partial charge is 0.408 e. The van der Waals surface area contributed by atoms with Gasteiger partial charge in [0, 0.05) is 44.1 Å². The molecule has 2 atom stereocenters. The Labute approximate surface area is 516 Å². The Hall–Kier alpha value is -8.78. The Bertz CT molecular complexity index is 3010. The van der Waals surface area contributed by atoms with E-state index in [4.69, 9.17) is 28.4 Å². The van der Waals surface area contributed by atoms with Crippen LogP contribution in [0.25, 0.3) is 0 Å². The van der Waals surface area contributed by atoms with Crippen LogP contribution in [0.2, 0.25) is 0 Å². The van der Waals surface area contributed by atoms with Crippen LogP contribution >= 0.6 is 11.3 Å². The van der Waals surface area contributed by atoms with E-state index in [2.05, 4.69) is 16.0 Å². The molecule has 5 aromatic carbocycles. The normalized spacial score (nSPS) is 11.7. The summed E-state index contributed by atoms with van der Waals surface area (Å²) in [5, 5.41) is 20.0. The molecule has 0 saturated heterocycles. The van der Waals surface area contributed by atoms with E-state index in [9.17, 15) is 33.9 Å². The van der Waals surface area contributed by atoms with E-state index in [0.29, 0.717) is 82.0 Å². The van der Waals surface area contributed by atoms with Crippen molar-refractivity contribution in [1.82, 2.24) is 30.7 Å². The highest BCUT2D eigenvalue weighted by atomic mass is 32.1.